The molecule has 102 valence electrons. The molecule has 0 aromatic heterocycles. The van der Waals surface area contributed by atoms with Gasteiger partial charge < -0.3 is 4.90 Å². The van der Waals surface area contributed by atoms with Gasteiger partial charge in [0, 0.05) is 6.54 Å². The molecule has 2 heteroatoms. The van der Waals surface area contributed by atoms with Crippen LogP contribution in [0.4, 0.5) is 0 Å². The van der Waals surface area contributed by atoms with E-state index in [1.165, 1.54) is 37.8 Å². The van der Waals surface area contributed by atoms with E-state index >= 15 is 0 Å². The van der Waals surface area contributed by atoms with Crippen LogP contribution in [0.25, 0.3) is 0 Å². The summed E-state index contributed by atoms with van der Waals surface area (Å²) in [6, 6.07) is 13.2. The van der Waals surface area contributed by atoms with Crippen LogP contribution in [0.2, 0.25) is 0 Å². The maximum Gasteiger partial charge on any atom is 0.0700 e. The van der Waals surface area contributed by atoms with Crippen molar-refractivity contribution in [1.82, 2.24) is 4.90 Å². The lowest BCUT2D eigenvalue weighted by Gasteiger charge is -2.35. The maximum absolute atomic E-state index is 9.21. The van der Waals surface area contributed by atoms with Gasteiger partial charge in [-0.05, 0) is 57.7 Å². The van der Waals surface area contributed by atoms with Gasteiger partial charge in [-0.1, -0.05) is 30.3 Å². The average Bonchev–Trinajstić information content (AvgIpc) is 2.45. The monoisotopic (exact) mass is 256 g/mol. The fourth-order valence-electron chi connectivity index (χ4n) is 2.94. The maximum atomic E-state index is 9.21. The van der Waals surface area contributed by atoms with E-state index in [1.807, 2.05) is 0 Å². The lowest BCUT2D eigenvalue weighted by Crippen LogP contribution is -2.41. The largest absolute Gasteiger partial charge is 0.302 e. The molecule has 1 aliphatic heterocycles. The number of piperidine rings is 1. The first-order valence-electron chi connectivity index (χ1n) is 7.39. The van der Waals surface area contributed by atoms with Crippen molar-refractivity contribution in [2.24, 2.45) is 5.41 Å². The molecule has 1 heterocycles. The van der Waals surface area contributed by atoms with Crippen molar-refractivity contribution in [3.05, 3.63) is 35.9 Å². The van der Waals surface area contributed by atoms with E-state index in [4.69, 9.17) is 0 Å². The van der Waals surface area contributed by atoms with Crippen LogP contribution in [0.15, 0.2) is 30.3 Å². The lowest BCUT2D eigenvalue weighted by atomic mass is 9.83. The number of nitrogens with zero attached hydrogens (tertiary/aromatic N) is 2. The fraction of sp³-hybridized carbons (Fsp3) is 0.588. The fourth-order valence-corrected chi connectivity index (χ4v) is 2.94. The minimum Gasteiger partial charge on any atom is -0.302 e. The van der Waals surface area contributed by atoms with Crippen molar-refractivity contribution >= 4 is 0 Å². The predicted octanol–water partition coefficient (Wildman–Crippen LogP) is 3.63. The Morgan fingerprint density at radius 2 is 2.05 bits per heavy atom. The van der Waals surface area contributed by atoms with Gasteiger partial charge in [0.15, 0.2) is 0 Å². The predicted molar refractivity (Wildman–Crippen MR) is 78.8 cm³/mol. The van der Waals surface area contributed by atoms with Gasteiger partial charge in [0.1, 0.15) is 0 Å². The average molecular weight is 256 g/mol. The molecule has 0 radical (unpaired) electrons. The van der Waals surface area contributed by atoms with Crippen molar-refractivity contribution in [3.63, 3.8) is 0 Å². The third-order valence-electron chi connectivity index (χ3n) is 4.08. The molecule has 0 N–H and O–H groups in total. The second-order valence-corrected chi connectivity index (χ2v) is 5.99. The van der Waals surface area contributed by atoms with Gasteiger partial charge in [-0.2, -0.15) is 5.26 Å². The summed E-state index contributed by atoms with van der Waals surface area (Å²) in [5.41, 5.74) is 1.32. The normalized spacial score (nSPS) is 24.0. The lowest BCUT2D eigenvalue weighted by molar-refractivity contribution is 0.141. The van der Waals surface area contributed by atoms with E-state index in [2.05, 4.69) is 48.2 Å². The van der Waals surface area contributed by atoms with Crippen LogP contribution in [-0.2, 0) is 6.42 Å². The molecule has 1 aliphatic rings. The number of unbranched alkanes of at least 4 members (excludes halogenated alkanes) is 1. The topological polar surface area (TPSA) is 27.0 Å². The molecule has 0 saturated carbocycles. The number of aryl methyl sites for hydroxylation is 1. The number of benzene rings is 1. The van der Waals surface area contributed by atoms with Gasteiger partial charge in [-0.25, -0.2) is 0 Å². The van der Waals surface area contributed by atoms with Crippen LogP contribution in [0.3, 0.4) is 0 Å². The van der Waals surface area contributed by atoms with Crippen LogP contribution in [0.1, 0.15) is 38.2 Å². The highest BCUT2D eigenvalue weighted by Gasteiger charge is 2.30. The standard InChI is InChI=1S/C17H24N2/c1-17(14-18)11-7-13-19(15-17)12-6-5-10-16-8-3-2-4-9-16/h2-4,8-9H,5-7,10-13,15H2,1H3/t17-/m1/s1. The molecular weight excluding hydrogens is 232 g/mol. The minimum atomic E-state index is -0.113. The zero-order valence-corrected chi connectivity index (χ0v) is 11.9. The summed E-state index contributed by atoms with van der Waals surface area (Å²) in [5, 5.41) is 9.21. The highest BCUT2D eigenvalue weighted by Crippen LogP contribution is 2.28. The van der Waals surface area contributed by atoms with Crippen LogP contribution in [0.5, 0.6) is 0 Å². The van der Waals surface area contributed by atoms with E-state index in [1.54, 1.807) is 0 Å². The van der Waals surface area contributed by atoms with E-state index in [-0.39, 0.29) is 5.41 Å². The third-order valence-corrected chi connectivity index (χ3v) is 4.08. The summed E-state index contributed by atoms with van der Waals surface area (Å²) >= 11 is 0. The second kappa shape index (κ2) is 6.73. The van der Waals surface area contributed by atoms with Crippen molar-refractivity contribution in [2.45, 2.75) is 39.0 Å². The van der Waals surface area contributed by atoms with Crippen molar-refractivity contribution in [1.29, 1.82) is 5.26 Å². The molecule has 0 aliphatic carbocycles. The zero-order chi connectivity index (χ0) is 13.6. The van der Waals surface area contributed by atoms with Gasteiger partial charge in [0.2, 0.25) is 0 Å². The van der Waals surface area contributed by atoms with Crippen molar-refractivity contribution in [3.8, 4) is 6.07 Å². The minimum absolute atomic E-state index is 0.113. The summed E-state index contributed by atoms with van der Waals surface area (Å²) in [7, 11) is 0. The van der Waals surface area contributed by atoms with Crippen LogP contribution >= 0.6 is 0 Å². The van der Waals surface area contributed by atoms with Crippen LogP contribution < -0.4 is 0 Å². The number of likely N-dealkylation sites (tertiary alicyclic amines) is 1. The molecule has 2 rings (SSSR count). The van der Waals surface area contributed by atoms with Gasteiger partial charge in [0.05, 0.1) is 11.5 Å². The Morgan fingerprint density at radius 1 is 1.26 bits per heavy atom. The Hall–Kier alpha value is -1.33. The molecule has 19 heavy (non-hydrogen) atoms. The molecule has 1 fully saturated rings. The Labute approximate surface area is 117 Å². The Kier molecular flexibility index (Phi) is 4.99. The van der Waals surface area contributed by atoms with Crippen molar-refractivity contribution < 1.29 is 0 Å². The number of rotatable bonds is 5. The highest BCUT2D eigenvalue weighted by molar-refractivity contribution is 5.14. The smallest absolute Gasteiger partial charge is 0.0700 e. The third kappa shape index (κ3) is 4.36. The van der Waals surface area contributed by atoms with E-state index in [0.717, 1.165) is 19.5 Å². The molecule has 0 spiro atoms. The molecule has 0 amide bonds. The Bertz CT molecular complexity index is 421. The molecule has 1 aromatic carbocycles. The molecule has 2 nitrogen and oxygen atoms in total. The molecule has 0 bridgehead atoms. The van der Waals surface area contributed by atoms with Crippen LogP contribution in [0, 0.1) is 16.7 Å². The first-order valence-corrected chi connectivity index (χ1v) is 7.39. The van der Waals surface area contributed by atoms with Gasteiger partial charge in [-0.3, -0.25) is 0 Å². The molecule has 1 aromatic rings. The Balaban J connectivity index is 1.67. The zero-order valence-electron chi connectivity index (χ0n) is 11.9. The SMILES string of the molecule is C[C@]1(C#N)CCCN(CCCCc2ccccc2)C1. The second-order valence-electron chi connectivity index (χ2n) is 5.99. The molecule has 1 saturated heterocycles. The number of hydrogen-bond acceptors (Lipinski definition) is 2. The van der Waals surface area contributed by atoms with Gasteiger partial charge in [0.25, 0.3) is 0 Å². The summed E-state index contributed by atoms with van der Waals surface area (Å²) in [5.74, 6) is 0. The van der Waals surface area contributed by atoms with E-state index < -0.39 is 0 Å². The first kappa shape index (κ1) is 14.1. The number of hydrogen-bond donors (Lipinski definition) is 0. The van der Waals surface area contributed by atoms with E-state index in [0.29, 0.717) is 0 Å². The highest BCUT2D eigenvalue weighted by atomic mass is 15.1. The van der Waals surface area contributed by atoms with Gasteiger partial charge in [-0.15, -0.1) is 0 Å². The first-order chi connectivity index (χ1) is 9.22. The van der Waals surface area contributed by atoms with Crippen LogP contribution in [-0.4, -0.2) is 24.5 Å². The summed E-state index contributed by atoms with van der Waals surface area (Å²) in [6.45, 7) is 5.37. The summed E-state index contributed by atoms with van der Waals surface area (Å²) < 4.78 is 0. The number of nitriles is 1. The van der Waals surface area contributed by atoms with Crippen molar-refractivity contribution in [2.75, 3.05) is 19.6 Å². The van der Waals surface area contributed by atoms with E-state index in [9.17, 15) is 5.26 Å². The molecule has 1 atom stereocenters. The summed E-state index contributed by atoms with van der Waals surface area (Å²) in [6.07, 6.45) is 5.87. The molecular formula is C17H24N2. The van der Waals surface area contributed by atoms with Gasteiger partial charge >= 0.3 is 0 Å². The molecule has 0 unspecified atom stereocenters. The summed E-state index contributed by atoms with van der Waals surface area (Å²) in [4.78, 5) is 2.47. The quantitative estimate of drug-likeness (QED) is 0.752. The Morgan fingerprint density at radius 3 is 2.79 bits per heavy atom.